The topological polar surface area (TPSA) is 40.5 Å². The number of carboxylic acid groups (broad SMARTS) is 1. The molecule has 0 saturated carbocycles. The van der Waals surface area contributed by atoms with Crippen molar-refractivity contribution < 1.29 is 14.3 Å². The van der Waals surface area contributed by atoms with Gasteiger partial charge in [-0.05, 0) is 19.0 Å². The molecule has 1 unspecified atom stereocenters. The van der Waals surface area contributed by atoms with Crippen molar-refractivity contribution in [2.24, 2.45) is 5.92 Å². The minimum atomic E-state index is -0.779. The first kappa shape index (κ1) is 12.3. The van der Waals surface area contributed by atoms with E-state index in [-0.39, 0.29) is 10.9 Å². The first-order valence-corrected chi connectivity index (χ1v) is 5.84. The van der Waals surface area contributed by atoms with Crippen molar-refractivity contribution in [3.05, 3.63) is 34.6 Å². The maximum atomic E-state index is 13.6. The number of hydrogen-bond acceptors (Lipinski definition) is 2. The van der Waals surface area contributed by atoms with Crippen LogP contribution in [0.2, 0.25) is 5.02 Å². The van der Waals surface area contributed by atoms with Crippen molar-refractivity contribution in [1.82, 2.24) is 4.90 Å². The lowest BCUT2D eigenvalue weighted by Crippen LogP contribution is -2.23. The molecule has 17 heavy (non-hydrogen) atoms. The molecule has 0 aromatic heterocycles. The summed E-state index contributed by atoms with van der Waals surface area (Å²) < 4.78 is 13.6. The SMILES string of the molecule is O=C(O)C1CCN(Cc2cccc(Cl)c2F)C1. The van der Waals surface area contributed by atoms with Gasteiger partial charge in [0.05, 0.1) is 10.9 Å². The van der Waals surface area contributed by atoms with Gasteiger partial charge >= 0.3 is 5.97 Å². The summed E-state index contributed by atoms with van der Waals surface area (Å²) in [6.45, 7) is 1.57. The largest absolute Gasteiger partial charge is 0.481 e. The van der Waals surface area contributed by atoms with Crippen molar-refractivity contribution >= 4 is 17.6 Å². The lowest BCUT2D eigenvalue weighted by atomic mass is 10.1. The zero-order valence-corrected chi connectivity index (χ0v) is 9.95. The molecule has 0 radical (unpaired) electrons. The normalized spacial score (nSPS) is 20.7. The number of likely N-dealkylation sites (tertiary alicyclic amines) is 1. The molecule has 3 nitrogen and oxygen atoms in total. The highest BCUT2D eigenvalue weighted by atomic mass is 35.5. The molecule has 1 aliphatic rings. The van der Waals surface area contributed by atoms with E-state index in [9.17, 15) is 9.18 Å². The number of aliphatic carboxylic acids is 1. The third-order valence-electron chi connectivity index (χ3n) is 3.05. The Hall–Kier alpha value is -1.13. The molecule has 1 saturated heterocycles. The van der Waals surface area contributed by atoms with Gasteiger partial charge in [-0.25, -0.2) is 4.39 Å². The smallest absolute Gasteiger partial charge is 0.307 e. The van der Waals surface area contributed by atoms with E-state index in [4.69, 9.17) is 16.7 Å². The van der Waals surface area contributed by atoms with Crippen LogP contribution in [-0.2, 0) is 11.3 Å². The van der Waals surface area contributed by atoms with Gasteiger partial charge in [0.1, 0.15) is 5.82 Å². The number of benzene rings is 1. The lowest BCUT2D eigenvalue weighted by molar-refractivity contribution is -0.141. The summed E-state index contributed by atoms with van der Waals surface area (Å²) in [7, 11) is 0. The maximum Gasteiger partial charge on any atom is 0.307 e. The van der Waals surface area contributed by atoms with E-state index in [0.717, 1.165) is 0 Å². The Kier molecular flexibility index (Phi) is 3.64. The molecule has 1 fully saturated rings. The third-order valence-corrected chi connectivity index (χ3v) is 3.34. The molecule has 1 aromatic carbocycles. The van der Waals surface area contributed by atoms with Gasteiger partial charge in [-0.15, -0.1) is 0 Å². The van der Waals surface area contributed by atoms with Crippen LogP contribution in [0, 0.1) is 11.7 Å². The van der Waals surface area contributed by atoms with Gasteiger partial charge in [-0.2, -0.15) is 0 Å². The number of rotatable bonds is 3. The average molecular weight is 258 g/mol. The van der Waals surface area contributed by atoms with Crippen LogP contribution in [0.15, 0.2) is 18.2 Å². The third kappa shape index (κ3) is 2.76. The van der Waals surface area contributed by atoms with Crippen molar-refractivity contribution in [2.45, 2.75) is 13.0 Å². The van der Waals surface area contributed by atoms with Crippen LogP contribution < -0.4 is 0 Å². The van der Waals surface area contributed by atoms with E-state index >= 15 is 0 Å². The molecular formula is C12H13ClFNO2. The summed E-state index contributed by atoms with van der Waals surface area (Å²) in [5, 5.41) is 8.98. The highest BCUT2D eigenvalue weighted by Crippen LogP contribution is 2.23. The summed E-state index contributed by atoms with van der Waals surface area (Å²) in [5.74, 6) is -1.52. The molecule has 1 atom stereocenters. The molecule has 0 bridgehead atoms. The Morgan fingerprint density at radius 1 is 1.59 bits per heavy atom. The summed E-state index contributed by atoms with van der Waals surface area (Å²) in [6, 6.07) is 4.88. The molecular weight excluding hydrogens is 245 g/mol. The zero-order chi connectivity index (χ0) is 12.4. The molecule has 1 N–H and O–H groups in total. The first-order chi connectivity index (χ1) is 8.08. The van der Waals surface area contributed by atoms with Crippen LogP contribution in [0.4, 0.5) is 4.39 Å². The Labute approximate surface area is 104 Å². The molecule has 1 aliphatic heterocycles. The summed E-state index contributed by atoms with van der Waals surface area (Å²) >= 11 is 5.69. The predicted molar refractivity (Wildman–Crippen MR) is 62.4 cm³/mol. The molecule has 0 spiro atoms. The molecule has 92 valence electrons. The Morgan fingerprint density at radius 3 is 3.00 bits per heavy atom. The maximum absolute atomic E-state index is 13.6. The van der Waals surface area contributed by atoms with E-state index in [2.05, 4.69) is 0 Å². The van der Waals surface area contributed by atoms with Crippen LogP contribution >= 0.6 is 11.6 Å². The van der Waals surface area contributed by atoms with Gasteiger partial charge in [0.15, 0.2) is 0 Å². The molecule has 0 amide bonds. The Balaban J connectivity index is 2.03. The molecule has 2 rings (SSSR count). The second-order valence-electron chi connectivity index (χ2n) is 4.27. The van der Waals surface area contributed by atoms with Crippen LogP contribution in [0.1, 0.15) is 12.0 Å². The molecule has 1 heterocycles. The van der Waals surface area contributed by atoms with Gasteiger partial charge in [0, 0.05) is 18.7 Å². The van der Waals surface area contributed by atoms with Gasteiger partial charge < -0.3 is 5.11 Å². The molecule has 0 aliphatic carbocycles. The van der Waals surface area contributed by atoms with E-state index in [1.807, 2.05) is 4.90 Å². The average Bonchev–Trinajstić information content (AvgIpc) is 2.73. The minimum absolute atomic E-state index is 0.108. The number of nitrogens with zero attached hydrogens (tertiary/aromatic N) is 1. The summed E-state index contributed by atoms with van der Waals surface area (Å²) in [6.07, 6.45) is 0.623. The van der Waals surface area contributed by atoms with Gasteiger partial charge in [-0.1, -0.05) is 23.7 Å². The van der Waals surface area contributed by atoms with Crippen LogP contribution in [0.3, 0.4) is 0 Å². The van der Waals surface area contributed by atoms with Crippen LogP contribution in [0.25, 0.3) is 0 Å². The monoisotopic (exact) mass is 257 g/mol. The first-order valence-electron chi connectivity index (χ1n) is 5.46. The fraction of sp³-hybridized carbons (Fsp3) is 0.417. The lowest BCUT2D eigenvalue weighted by Gasteiger charge is -2.15. The van der Waals surface area contributed by atoms with Crippen molar-refractivity contribution in [1.29, 1.82) is 0 Å². The highest BCUT2D eigenvalue weighted by molar-refractivity contribution is 6.30. The number of hydrogen-bond donors (Lipinski definition) is 1. The highest BCUT2D eigenvalue weighted by Gasteiger charge is 2.28. The Morgan fingerprint density at radius 2 is 2.35 bits per heavy atom. The van der Waals surface area contributed by atoms with E-state index in [1.54, 1.807) is 12.1 Å². The molecule has 1 aromatic rings. The van der Waals surface area contributed by atoms with Crippen LogP contribution in [-0.4, -0.2) is 29.1 Å². The number of halogens is 2. The van der Waals surface area contributed by atoms with Crippen LogP contribution in [0.5, 0.6) is 0 Å². The quantitative estimate of drug-likeness (QED) is 0.904. The fourth-order valence-electron chi connectivity index (χ4n) is 2.09. The van der Waals surface area contributed by atoms with E-state index < -0.39 is 11.8 Å². The van der Waals surface area contributed by atoms with Crippen molar-refractivity contribution in [2.75, 3.05) is 13.1 Å². The van der Waals surface area contributed by atoms with E-state index in [1.165, 1.54) is 6.07 Å². The number of carbonyl (C=O) groups is 1. The fourth-order valence-corrected chi connectivity index (χ4v) is 2.28. The van der Waals surface area contributed by atoms with E-state index in [0.29, 0.717) is 31.6 Å². The van der Waals surface area contributed by atoms with Crippen molar-refractivity contribution in [3.63, 3.8) is 0 Å². The van der Waals surface area contributed by atoms with Gasteiger partial charge in [0.25, 0.3) is 0 Å². The Bertz CT molecular complexity index is 439. The zero-order valence-electron chi connectivity index (χ0n) is 9.20. The summed E-state index contributed by atoms with van der Waals surface area (Å²) in [4.78, 5) is 12.7. The minimum Gasteiger partial charge on any atom is -0.481 e. The predicted octanol–water partition coefficient (Wildman–Crippen LogP) is 2.39. The van der Waals surface area contributed by atoms with Crippen molar-refractivity contribution in [3.8, 4) is 0 Å². The standard InChI is InChI=1S/C12H13ClFNO2/c13-10-3-1-2-8(11(10)14)6-15-5-4-9(7-15)12(16)17/h1-3,9H,4-7H2,(H,16,17). The molecule has 5 heteroatoms. The second kappa shape index (κ2) is 5.02. The van der Waals surface area contributed by atoms with Gasteiger partial charge in [0.2, 0.25) is 0 Å². The second-order valence-corrected chi connectivity index (χ2v) is 4.68. The summed E-state index contributed by atoms with van der Waals surface area (Å²) in [5.41, 5.74) is 0.517. The van der Waals surface area contributed by atoms with Gasteiger partial charge in [-0.3, -0.25) is 9.69 Å². The number of carboxylic acids is 1.